The number of aromatic nitrogens is 3. The summed E-state index contributed by atoms with van der Waals surface area (Å²) < 4.78 is 8.87. The lowest BCUT2D eigenvalue weighted by Gasteiger charge is -2.37. The number of hydrogen-bond acceptors (Lipinski definition) is 7. The van der Waals surface area contributed by atoms with Crippen LogP contribution in [-0.2, 0) is 0 Å². The zero-order chi connectivity index (χ0) is 27.2. The fraction of sp³-hybridized carbons (Fsp3) is 0.333. The SMILES string of the molecule is C[C@H](NCCOc1ccccc1)[C@@H](C)n1ncn(-c2ccc(N3CCN(c4ccc(O)cc4)CC3)cc2)c1=O. The number of hydrogen-bond donors (Lipinski definition) is 2. The molecule has 3 aromatic carbocycles. The summed E-state index contributed by atoms with van der Waals surface area (Å²) in [6.07, 6.45) is 1.59. The maximum Gasteiger partial charge on any atom is 0.350 e. The first kappa shape index (κ1) is 26.4. The lowest BCUT2D eigenvalue weighted by atomic mass is 10.2. The summed E-state index contributed by atoms with van der Waals surface area (Å²) in [5.74, 6) is 1.13. The van der Waals surface area contributed by atoms with Gasteiger partial charge in [0.2, 0.25) is 0 Å². The van der Waals surface area contributed by atoms with Crippen molar-refractivity contribution in [2.75, 3.05) is 49.1 Å². The number of ether oxygens (including phenoxy) is 1. The lowest BCUT2D eigenvalue weighted by molar-refractivity contribution is 0.287. The highest BCUT2D eigenvalue weighted by molar-refractivity contribution is 5.54. The number of para-hydroxylation sites is 1. The fourth-order valence-corrected chi connectivity index (χ4v) is 4.84. The van der Waals surface area contributed by atoms with Crippen LogP contribution in [0.5, 0.6) is 11.5 Å². The predicted octanol–water partition coefficient (Wildman–Crippen LogP) is 3.68. The van der Waals surface area contributed by atoms with Gasteiger partial charge in [-0.3, -0.25) is 0 Å². The van der Waals surface area contributed by atoms with Gasteiger partial charge in [0.1, 0.15) is 24.4 Å². The van der Waals surface area contributed by atoms with Gasteiger partial charge >= 0.3 is 5.69 Å². The first-order valence-electron chi connectivity index (χ1n) is 13.5. The predicted molar refractivity (Wildman–Crippen MR) is 154 cm³/mol. The van der Waals surface area contributed by atoms with Gasteiger partial charge in [-0.05, 0) is 74.5 Å². The van der Waals surface area contributed by atoms with E-state index < -0.39 is 0 Å². The molecule has 5 rings (SSSR count). The van der Waals surface area contributed by atoms with E-state index in [2.05, 4.69) is 39.3 Å². The average Bonchev–Trinajstić information content (AvgIpc) is 3.37. The third kappa shape index (κ3) is 6.26. The van der Waals surface area contributed by atoms with Crippen LogP contribution < -0.4 is 25.5 Å². The fourth-order valence-electron chi connectivity index (χ4n) is 4.84. The maximum absolute atomic E-state index is 13.2. The van der Waals surface area contributed by atoms with Gasteiger partial charge in [0, 0.05) is 50.1 Å². The van der Waals surface area contributed by atoms with Crippen molar-refractivity contribution in [1.29, 1.82) is 0 Å². The van der Waals surface area contributed by atoms with Crippen LogP contribution in [0.25, 0.3) is 5.69 Å². The van der Waals surface area contributed by atoms with Crippen molar-refractivity contribution in [1.82, 2.24) is 19.7 Å². The van der Waals surface area contributed by atoms with Gasteiger partial charge < -0.3 is 25.0 Å². The van der Waals surface area contributed by atoms with Gasteiger partial charge in [-0.2, -0.15) is 5.10 Å². The molecule has 9 heteroatoms. The third-order valence-electron chi connectivity index (χ3n) is 7.37. The van der Waals surface area contributed by atoms with Crippen LogP contribution in [0.15, 0.2) is 90.0 Å². The second kappa shape index (κ2) is 12.1. The van der Waals surface area contributed by atoms with E-state index in [1.165, 1.54) is 4.68 Å². The van der Waals surface area contributed by atoms with Crippen molar-refractivity contribution in [2.45, 2.75) is 25.9 Å². The Kier molecular flexibility index (Phi) is 8.17. The smallest absolute Gasteiger partial charge is 0.350 e. The lowest BCUT2D eigenvalue weighted by Crippen LogP contribution is -2.46. The standard InChI is InChI=1S/C30H36N6O3/c1-23(31-16-21-39-29-6-4-3-5-7-29)24(2)36-30(38)35(22-32-36)27-10-8-25(9-11-27)33-17-19-34(20-18-33)26-12-14-28(37)15-13-26/h3-15,22-24,31,37H,16-21H2,1-2H3/t23-,24+/m0/s1. The van der Waals surface area contributed by atoms with Crippen molar-refractivity contribution in [3.05, 3.63) is 95.7 Å². The van der Waals surface area contributed by atoms with Crippen LogP contribution in [0.2, 0.25) is 0 Å². The first-order valence-corrected chi connectivity index (χ1v) is 13.5. The van der Waals surface area contributed by atoms with E-state index in [9.17, 15) is 9.90 Å². The molecule has 0 radical (unpaired) electrons. The Morgan fingerprint density at radius 1 is 0.846 bits per heavy atom. The molecule has 0 unspecified atom stereocenters. The normalized spacial score (nSPS) is 15.2. The van der Waals surface area contributed by atoms with Gasteiger partial charge in [0.05, 0.1) is 11.7 Å². The van der Waals surface area contributed by atoms with Crippen LogP contribution >= 0.6 is 0 Å². The zero-order valence-corrected chi connectivity index (χ0v) is 22.5. The summed E-state index contributed by atoms with van der Waals surface area (Å²) in [5.41, 5.74) is 2.89. The topological polar surface area (TPSA) is 87.8 Å². The first-order chi connectivity index (χ1) is 19.0. The summed E-state index contributed by atoms with van der Waals surface area (Å²) in [6, 6.07) is 25.1. The molecule has 1 aromatic heterocycles. The van der Waals surface area contributed by atoms with Gasteiger partial charge in [-0.25, -0.2) is 14.0 Å². The molecule has 1 aliphatic rings. The summed E-state index contributed by atoms with van der Waals surface area (Å²) in [5, 5.41) is 17.4. The molecule has 4 aromatic rings. The van der Waals surface area contributed by atoms with E-state index >= 15 is 0 Å². The Labute approximate surface area is 228 Å². The molecule has 1 aliphatic heterocycles. The van der Waals surface area contributed by atoms with E-state index in [4.69, 9.17) is 4.74 Å². The monoisotopic (exact) mass is 528 g/mol. The number of phenolic OH excluding ortho intramolecular Hbond substituents is 1. The molecule has 0 aliphatic carbocycles. The second-order valence-corrected chi connectivity index (χ2v) is 9.88. The summed E-state index contributed by atoms with van der Waals surface area (Å²) >= 11 is 0. The second-order valence-electron chi connectivity index (χ2n) is 9.88. The molecule has 9 nitrogen and oxygen atoms in total. The van der Waals surface area contributed by atoms with Gasteiger partial charge in [-0.1, -0.05) is 18.2 Å². The zero-order valence-electron chi connectivity index (χ0n) is 22.5. The molecule has 0 amide bonds. The molecule has 0 saturated carbocycles. The maximum atomic E-state index is 13.2. The third-order valence-corrected chi connectivity index (χ3v) is 7.37. The molecule has 1 fully saturated rings. The number of aromatic hydroxyl groups is 1. The van der Waals surface area contributed by atoms with E-state index in [1.54, 1.807) is 23.0 Å². The van der Waals surface area contributed by atoms with Crippen molar-refractivity contribution >= 4 is 11.4 Å². The van der Waals surface area contributed by atoms with Crippen LogP contribution in [-0.4, -0.2) is 64.8 Å². The molecular formula is C30H36N6O3. The average molecular weight is 529 g/mol. The van der Waals surface area contributed by atoms with Crippen LogP contribution in [0, 0.1) is 0 Å². The van der Waals surface area contributed by atoms with E-state index in [0.29, 0.717) is 13.2 Å². The molecule has 2 N–H and O–H groups in total. The number of rotatable bonds is 10. The molecule has 39 heavy (non-hydrogen) atoms. The highest BCUT2D eigenvalue weighted by Gasteiger charge is 2.20. The Morgan fingerprint density at radius 2 is 1.41 bits per heavy atom. The summed E-state index contributed by atoms with van der Waals surface area (Å²) in [4.78, 5) is 17.9. The highest BCUT2D eigenvalue weighted by atomic mass is 16.5. The van der Waals surface area contributed by atoms with Crippen molar-refractivity contribution in [2.24, 2.45) is 0 Å². The molecular weight excluding hydrogens is 492 g/mol. The van der Waals surface area contributed by atoms with Crippen molar-refractivity contribution in [3.63, 3.8) is 0 Å². The van der Waals surface area contributed by atoms with Gasteiger partial charge in [0.25, 0.3) is 0 Å². The largest absolute Gasteiger partial charge is 0.508 e. The van der Waals surface area contributed by atoms with E-state index in [1.807, 2.05) is 61.5 Å². The minimum Gasteiger partial charge on any atom is -0.508 e. The Hall–Kier alpha value is -4.24. The van der Waals surface area contributed by atoms with Gasteiger partial charge in [-0.15, -0.1) is 0 Å². The number of piperazine rings is 1. The summed E-state index contributed by atoms with van der Waals surface area (Å²) in [7, 11) is 0. The number of phenols is 1. The molecule has 204 valence electrons. The molecule has 0 bridgehead atoms. The Bertz CT molecular complexity index is 1380. The molecule has 1 saturated heterocycles. The highest BCUT2D eigenvalue weighted by Crippen LogP contribution is 2.23. The van der Waals surface area contributed by atoms with Crippen LogP contribution in [0.4, 0.5) is 11.4 Å². The number of nitrogens with zero attached hydrogens (tertiary/aromatic N) is 5. The number of anilines is 2. The molecule has 0 spiro atoms. The minimum atomic E-state index is -0.160. The molecule has 2 atom stereocenters. The Balaban J connectivity index is 1.15. The van der Waals surface area contributed by atoms with Crippen molar-refractivity contribution < 1.29 is 9.84 Å². The van der Waals surface area contributed by atoms with E-state index in [-0.39, 0.29) is 23.5 Å². The van der Waals surface area contributed by atoms with Crippen molar-refractivity contribution in [3.8, 4) is 17.2 Å². The number of nitrogens with one attached hydrogen (secondary N) is 1. The quantitative estimate of drug-likeness (QED) is 0.304. The minimum absolute atomic E-state index is 0.0352. The molecule has 2 heterocycles. The summed E-state index contributed by atoms with van der Waals surface area (Å²) in [6.45, 7) is 8.86. The number of benzene rings is 3. The van der Waals surface area contributed by atoms with Crippen LogP contribution in [0.3, 0.4) is 0 Å². The van der Waals surface area contributed by atoms with Gasteiger partial charge in [0.15, 0.2) is 0 Å². The Morgan fingerprint density at radius 3 is 2.03 bits per heavy atom. The van der Waals surface area contributed by atoms with Crippen LogP contribution in [0.1, 0.15) is 19.9 Å². The van der Waals surface area contributed by atoms with E-state index in [0.717, 1.165) is 49.0 Å².